The van der Waals surface area contributed by atoms with E-state index in [9.17, 15) is 0 Å². The molecule has 0 saturated carbocycles. The lowest BCUT2D eigenvalue weighted by molar-refractivity contribution is 0.218. The second-order valence-electron chi connectivity index (χ2n) is 6.57. The molecule has 0 aliphatic carbocycles. The van der Waals surface area contributed by atoms with Gasteiger partial charge in [0.1, 0.15) is 17.6 Å². The van der Waals surface area contributed by atoms with Gasteiger partial charge in [-0.25, -0.2) is 0 Å². The van der Waals surface area contributed by atoms with Crippen molar-refractivity contribution in [2.24, 2.45) is 4.99 Å². The van der Waals surface area contributed by atoms with Crippen molar-refractivity contribution in [2.75, 3.05) is 40.3 Å². The number of hydrogen-bond donors (Lipinski definition) is 2. The Bertz CT molecular complexity index is 566. The highest BCUT2D eigenvalue weighted by Crippen LogP contribution is 2.18. The SMILES string of the molecule is C=CCN1CCC(NC(=NC)NCC(C)Oc2ccc(OC)cc2)CC1. The largest absolute Gasteiger partial charge is 0.497 e. The summed E-state index contributed by atoms with van der Waals surface area (Å²) in [4.78, 5) is 6.75. The van der Waals surface area contributed by atoms with Gasteiger partial charge in [-0.2, -0.15) is 0 Å². The van der Waals surface area contributed by atoms with E-state index in [1.54, 1.807) is 14.2 Å². The third-order valence-corrected chi connectivity index (χ3v) is 4.49. The van der Waals surface area contributed by atoms with Gasteiger partial charge in [0, 0.05) is 32.7 Å². The van der Waals surface area contributed by atoms with Crippen molar-refractivity contribution < 1.29 is 9.47 Å². The predicted molar refractivity (Wildman–Crippen MR) is 107 cm³/mol. The predicted octanol–water partition coefficient (Wildman–Crippen LogP) is 2.28. The third kappa shape index (κ3) is 6.59. The van der Waals surface area contributed by atoms with Crippen LogP contribution in [0.15, 0.2) is 41.9 Å². The number of guanidine groups is 1. The fourth-order valence-corrected chi connectivity index (χ4v) is 3.00. The zero-order valence-electron chi connectivity index (χ0n) is 16.2. The van der Waals surface area contributed by atoms with Gasteiger partial charge in [0.05, 0.1) is 13.7 Å². The topological polar surface area (TPSA) is 58.1 Å². The minimum absolute atomic E-state index is 0.0244. The molecule has 0 aromatic heterocycles. The normalized spacial score (nSPS) is 17.4. The van der Waals surface area contributed by atoms with Gasteiger partial charge in [-0.05, 0) is 44.0 Å². The molecule has 1 saturated heterocycles. The van der Waals surface area contributed by atoms with Crippen molar-refractivity contribution in [3.05, 3.63) is 36.9 Å². The highest BCUT2D eigenvalue weighted by molar-refractivity contribution is 5.80. The van der Waals surface area contributed by atoms with E-state index in [1.165, 1.54) is 0 Å². The molecule has 144 valence electrons. The van der Waals surface area contributed by atoms with Crippen LogP contribution in [0, 0.1) is 0 Å². The van der Waals surface area contributed by atoms with Crippen LogP contribution in [0.1, 0.15) is 19.8 Å². The van der Waals surface area contributed by atoms with Gasteiger partial charge in [0.15, 0.2) is 5.96 Å². The molecule has 1 unspecified atom stereocenters. The van der Waals surface area contributed by atoms with Gasteiger partial charge in [0.25, 0.3) is 0 Å². The number of nitrogens with one attached hydrogen (secondary N) is 2. The zero-order valence-corrected chi connectivity index (χ0v) is 16.2. The Kier molecular flexibility index (Phi) is 8.28. The Labute approximate surface area is 157 Å². The van der Waals surface area contributed by atoms with Crippen LogP contribution in [0.2, 0.25) is 0 Å². The molecule has 26 heavy (non-hydrogen) atoms. The van der Waals surface area contributed by atoms with Gasteiger partial charge in [-0.15, -0.1) is 6.58 Å². The summed E-state index contributed by atoms with van der Waals surface area (Å²) in [5, 5.41) is 6.87. The third-order valence-electron chi connectivity index (χ3n) is 4.49. The molecule has 0 amide bonds. The molecule has 0 bridgehead atoms. The van der Waals surface area contributed by atoms with E-state index in [2.05, 4.69) is 27.1 Å². The minimum atomic E-state index is 0.0244. The summed E-state index contributed by atoms with van der Waals surface area (Å²) in [6, 6.07) is 8.09. The number of benzene rings is 1. The van der Waals surface area contributed by atoms with Gasteiger partial charge >= 0.3 is 0 Å². The van der Waals surface area contributed by atoms with Crippen LogP contribution in [0.3, 0.4) is 0 Å². The molecule has 1 heterocycles. The van der Waals surface area contributed by atoms with Gasteiger partial charge in [-0.1, -0.05) is 6.08 Å². The number of rotatable bonds is 8. The fourth-order valence-electron chi connectivity index (χ4n) is 3.00. The summed E-state index contributed by atoms with van der Waals surface area (Å²) in [7, 11) is 3.46. The smallest absolute Gasteiger partial charge is 0.191 e. The summed E-state index contributed by atoms with van der Waals surface area (Å²) in [5.41, 5.74) is 0. The number of nitrogens with zero attached hydrogens (tertiary/aromatic N) is 2. The average molecular weight is 361 g/mol. The Morgan fingerprint density at radius 2 is 1.96 bits per heavy atom. The number of ether oxygens (including phenoxy) is 2. The van der Waals surface area contributed by atoms with Crippen molar-refractivity contribution in [1.82, 2.24) is 15.5 Å². The monoisotopic (exact) mass is 360 g/mol. The first kappa shape index (κ1) is 20.1. The minimum Gasteiger partial charge on any atom is -0.497 e. The second-order valence-corrected chi connectivity index (χ2v) is 6.57. The van der Waals surface area contributed by atoms with Crippen LogP contribution < -0.4 is 20.1 Å². The highest BCUT2D eigenvalue weighted by Gasteiger charge is 2.19. The van der Waals surface area contributed by atoms with E-state index < -0.39 is 0 Å². The summed E-state index contributed by atoms with van der Waals surface area (Å²) in [6.45, 7) is 9.69. The van der Waals surface area contributed by atoms with Crippen molar-refractivity contribution in [3.63, 3.8) is 0 Å². The van der Waals surface area contributed by atoms with E-state index in [1.807, 2.05) is 37.3 Å². The lowest BCUT2D eigenvalue weighted by Gasteiger charge is -2.32. The van der Waals surface area contributed by atoms with Gasteiger partial charge in [0.2, 0.25) is 0 Å². The van der Waals surface area contributed by atoms with Crippen LogP contribution in [0.5, 0.6) is 11.5 Å². The molecule has 1 aromatic rings. The van der Waals surface area contributed by atoms with Crippen molar-refractivity contribution in [1.29, 1.82) is 0 Å². The maximum Gasteiger partial charge on any atom is 0.191 e. The van der Waals surface area contributed by atoms with E-state index in [-0.39, 0.29) is 6.10 Å². The molecule has 1 aliphatic heterocycles. The summed E-state index contributed by atoms with van der Waals surface area (Å²) in [6.07, 6.45) is 4.23. The maximum atomic E-state index is 5.92. The number of aliphatic imine (C=N–C) groups is 1. The summed E-state index contributed by atoms with van der Waals surface area (Å²) < 4.78 is 11.1. The number of methoxy groups -OCH3 is 1. The molecule has 1 aliphatic rings. The zero-order chi connectivity index (χ0) is 18.8. The van der Waals surface area contributed by atoms with Crippen LogP contribution in [-0.2, 0) is 0 Å². The average Bonchev–Trinajstić information content (AvgIpc) is 2.67. The molecule has 2 N–H and O–H groups in total. The van der Waals surface area contributed by atoms with E-state index in [0.717, 1.165) is 49.9 Å². The summed E-state index contributed by atoms with van der Waals surface area (Å²) >= 11 is 0. The first-order valence-electron chi connectivity index (χ1n) is 9.25. The van der Waals surface area contributed by atoms with E-state index in [0.29, 0.717) is 12.6 Å². The quantitative estimate of drug-likeness (QED) is 0.423. The standard InChI is InChI=1S/C20H32N4O2/c1-5-12-24-13-10-17(11-14-24)23-20(21-3)22-15-16(2)26-19-8-6-18(25-4)7-9-19/h5-9,16-17H,1,10-15H2,2-4H3,(H2,21,22,23). The van der Waals surface area contributed by atoms with Gasteiger partial charge in [-0.3, -0.25) is 9.89 Å². The lowest BCUT2D eigenvalue weighted by Crippen LogP contribution is -2.50. The lowest BCUT2D eigenvalue weighted by atomic mass is 10.1. The van der Waals surface area contributed by atoms with Crippen molar-refractivity contribution in [2.45, 2.75) is 31.9 Å². The molecule has 0 radical (unpaired) electrons. The Morgan fingerprint density at radius 1 is 1.31 bits per heavy atom. The van der Waals surface area contributed by atoms with Crippen molar-refractivity contribution in [3.8, 4) is 11.5 Å². The first-order chi connectivity index (χ1) is 12.6. The molecule has 6 heteroatoms. The molecule has 0 spiro atoms. The molecule has 6 nitrogen and oxygen atoms in total. The molecule has 1 fully saturated rings. The van der Waals surface area contributed by atoms with E-state index >= 15 is 0 Å². The number of hydrogen-bond acceptors (Lipinski definition) is 4. The Balaban J connectivity index is 1.71. The molecule has 2 rings (SSSR count). The first-order valence-corrected chi connectivity index (χ1v) is 9.25. The van der Waals surface area contributed by atoms with Gasteiger partial charge < -0.3 is 20.1 Å². The Morgan fingerprint density at radius 3 is 2.54 bits per heavy atom. The van der Waals surface area contributed by atoms with Crippen LogP contribution in [0.4, 0.5) is 0 Å². The van der Waals surface area contributed by atoms with Crippen LogP contribution >= 0.6 is 0 Å². The molecule has 1 aromatic carbocycles. The molecule has 1 atom stereocenters. The fraction of sp³-hybridized carbons (Fsp3) is 0.550. The second kappa shape index (κ2) is 10.7. The maximum absolute atomic E-state index is 5.92. The van der Waals surface area contributed by atoms with Crippen molar-refractivity contribution >= 4 is 5.96 Å². The van der Waals surface area contributed by atoms with E-state index in [4.69, 9.17) is 9.47 Å². The van der Waals surface area contributed by atoms with Crippen LogP contribution in [0.25, 0.3) is 0 Å². The number of piperidine rings is 1. The highest BCUT2D eigenvalue weighted by atomic mass is 16.5. The number of likely N-dealkylation sites (tertiary alicyclic amines) is 1. The van der Waals surface area contributed by atoms with Crippen LogP contribution in [-0.4, -0.2) is 63.3 Å². The molecular weight excluding hydrogens is 328 g/mol. The Hall–Kier alpha value is -2.21. The summed E-state index contributed by atoms with van der Waals surface area (Å²) in [5.74, 6) is 2.49. The molecular formula is C20H32N4O2.